The van der Waals surface area contributed by atoms with E-state index in [9.17, 15) is 9.59 Å². The molecule has 2 amide bonds. The summed E-state index contributed by atoms with van der Waals surface area (Å²) in [5.74, 6) is -1.33. The SMILES string of the molecule is Cc1ccc(Cl)c(NC(=O)N2CCC[C@H](C(=O)O)C2)c1. The molecule has 0 aromatic heterocycles. The fraction of sp³-hybridized carbons (Fsp3) is 0.429. The fourth-order valence-electron chi connectivity index (χ4n) is 2.29. The highest BCUT2D eigenvalue weighted by atomic mass is 35.5. The van der Waals surface area contributed by atoms with Gasteiger partial charge in [0.2, 0.25) is 0 Å². The van der Waals surface area contributed by atoms with Crippen molar-refractivity contribution in [3.8, 4) is 0 Å². The minimum Gasteiger partial charge on any atom is -0.481 e. The Balaban J connectivity index is 2.04. The molecule has 20 heavy (non-hydrogen) atoms. The summed E-state index contributed by atoms with van der Waals surface area (Å²) in [5, 5.41) is 12.2. The highest BCUT2D eigenvalue weighted by Crippen LogP contribution is 2.24. The number of urea groups is 1. The molecule has 108 valence electrons. The van der Waals surface area contributed by atoms with Crippen LogP contribution in [0.25, 0.3) is 0 Å². The molecule has 0 saturated carbocycles. The van der Waals surface area contributed by atoms with Crippen molar-refractivity contribution in [1.82, 2.24) is 4.90 Å². The number of carboxylic acids is 1. The van der Waals surface area contributed by atoms with E-state index in [1.807, 2.05) is 13.0 Å². The Morgan fingerprint density at radius 3 is 2.90 bits per heavy atom. The summed E-state index contributed by atoms with van der Waals surface area (Å²) in [6.07, 6.45) is 1.32. The van der Waals surface area contributed by atoms with Gasteiger partial charge in [-0.1, -0.05) is 17.7 Å². The molecule has 0 spiro atoms. The van der Waals surface area contributed by atoms with E-state index in [0.29, 0.717) is 30.1 Å². The Morgan fingerprint density at radius 2 is 2.20 bits per heavy atom. The van der Waals surface area contributed by atoms with Crippen molar-refractivity contribution in [3.05, 3.63) is 28.8 Å². The zero-order valence-corrected chi connectivity index (χ0v) is 12.0. The molecule has 6 heteroatoms. The van der Waals surface area contributed by atoms with Crippen LogP contribution in [0.5, 0.6) is 0 Å². The Morgan fingerprint density at radius 1 is 1.45 bits per heavy atom. The second-order valence-electron chi connectivity index (χ2n) is 5.04. The van der Waals surface area contributed by atoms with Gasteiger partial charge in [-0.2, -0.15) is 0 Å². The zero-order valence-electron chi connectivity index (χ0n) is 11.2. The van der Waals surface area contributed by atoms with Crippen LogP contribution in [0.15, 0.2) is 18.2 Å². The van der Waals surface area contributed by atoms with Gasteiger partial charge in [0, 0.05) is 13.1 Å². The average molecular weight is 297 g/mol. The number of hydrogen-bond acceptors (Lipinski definition) is 2. The topological polar surface area (TPSA) is 69.6 Å². The van der Waals surface area contributed by atoms with Gasteiger partial charge >= 0.3 is 12.0 Å². The molecule has 5 nitrogen and oxygen atoms in total. The van der Waals surface area contributed by atoms with Crippen LogP contribution in [-0.4, -0.2) is 35.1 Å². The number of halogens is 1. The van der Waals surface area contributed by atoms with E-state index in [4.69, 9.17) is 16.7 Å². The molecule has 2 rings (SSSR count). The van der Waals surface area contributed by atoms with Gasteiger partial charge in [0.15, 0.2) is 0 Å². The van der Waals surface area contributed by atoms with Crippen LogP contribution in [0.4, 0.5) is 10.5 Å². The fourth-order valence-corrected chi connectivity index (χ4v) is 2.46. The molecule has 1 saturated heterocycles. The minimum atomic E-state index is -0.851. The minimum absolute atomic E-state index is 0.241. The lowest BCUT2D eigenvalue weighted by molar-refractivity contribution is -0.143. The van der Waals surface area contributed by atoms with E-state index in [1.54, 1.807) is 12.1 Å². The van der Waals surface area contributed by atoms with Crippen LogP contribution in [0.2, 0.25) is 5.02 Å². The standard InChI is InChI=1S/C14H17ClN2O3/c1-9-4-5-11(15)12(7-9)16-14(20)17-6-2-3-10(8-17)13(18)19/h4-5,7,10H,2-3,6,8H2,1H3,(H,16,20)(H,18,19)/t10-/m0/s1. The number of hydrogen-bond donors (Lipinski definition) is 2. The summed E-state index contributed by atoms with van der Waals surface area (Å²) in [4.78, 5) is 24.7. The van der Waals surface area contributed by atoms with Crippen LogP contribution in [0.3, 0.4) is 0 Å². The van der Waals surface area contributed by atoms with Crippen LogP contribution in [0.1, 0.15) is 18.4 Å². The highest BCUT2D eigenvalue weighted by Gasteiger charge is 2.28. The van der Waals surface area contributed by atoms with Crippen molar-refractivity contribution in [1.29, 1.82) is 0 Å². The molecule has 1 aromatic rings. The van der Waals surface area contributed by atoms with Gasteiger partial charge in [-0.15, -0.1) is 0 Å². The van der Waals surface area contributed by atoms with Crippen LogP contribution < -0.4 is 5.32 Å². The summed E-state index contributed by atoms with van der Waals surface area (Å²) < 4.78 is 0. The molecular weight excluding hydrogens is 280 g/mol. The number of nitrogens with zero attached hydrogens (tertiary/aromatic N) is 1. The number of carbonyl (C=O) groups is 2. The Kier molecular flexibility index (Phi) is 4.49. The van der Waals surface area contributed by atoms with Crippen LogP contribution >= 0.6 is 11.6 Å². The molecular formula is C14H17ClN2O3. The Hall–Kier alpha value is -1.75. The predicted molar refractivity (Wildman–Crippen MR) is 77.1 cm³/mol. The van der Waals surface area contributed by atoms with Gasteiger partial charge in [0.25, 0.3) is 0 Å². The number of rotatable bonds is 2. The summed E-state index contributed by atoms with van der Waals surface area (Å²) in [6, 6.07) is 5.07. The smallest absolute Gasteiger partial charge is 0.321 e. The predicted octanol–water partition coefficient (Wildman–Crippen LogP) is 2.98. The van der Waals surface area contributed by atoms with E-state index in [-0.39, 0.29) is 12.6 Å². The molecule has 1 fully saturated rings. The molecule has 1 aromatic carbocycles. The lowest BCUT2D eigenvalue weighted by atomic mass is 9.99. The molecule has 0 aliphatic carbocycles. The number of anilines is 1. The first kappa shape index (κ1) is 14.7. The molecule has 0 unspecified atom stereocenters. The number of likely N-dealkylation sites (tertiary alicyclic amines) is 1. The summed E-state index contributed by atoms with van der Waals surface area (Å²) in [6.45, 7) is 2.72. The molecule has 2 N–H and O–H groups in total. The third-order valence-corrected chi connectivity index (χ3v) is 3.75. The number of piperidine rings is 1. The van der Waals surface area contributed by atoms with Crippen LogP contribution in [0, 0.1) is 12.8 Å². The largest absolute Gasteiger partial charge is 0.481 e. The van der Waals surface area contributed by atoms with Crippen molar-refractivity contribution in [2.45, 2.75) is 19.8 Å². The second-order valence-corrected chi connectivity index (χ2v) is 5.44. The number of aliphatic carboxylic acids is 1. The average Bonchev–Trinajstić information content (AvgIpc) is 2.43. The third-order valence-electron chi connectivity index (χ3n) is 3.42. The van der Waals surface area contributed by atoms with E-state index in [2.05, 4.69) is 5.32 Å². The maximum Gasteiger partial charge on any atom is 0.321 e. The number of nitrogens with one attached hydrogen (secondary N) is 1. The molecule has 1 aliphatic heterocycles. The molecule has 1 heterocycles. The number of carboxylic acid groups (broad SMARTS) is 1. The number of carbonyl (C=O) groups excluding carboxylic acids is 1. The number of amides is 2. The Bertz CT molecular complexity index is 533. The third kappa shape index (κ3) is 3.42. The van der Waals surface area contributed by atoms with E-state index < -0.39 is 11.9 Å². The number of aryl methyl sites for hydroxylation is 1. The van der Waals surface area contributed by atoms with Gasteiger partial charge in [-0.25, -0.2) is 4.79 Å². The van der Waals surface area contributed by atoms with E-state index in [1.165, 1.54) is 4.90 Å². The van der Waals surface area contributed by atoms with Gasteiger partial charge < -0.3 is 15.3 Å². The quantitative estimate of drug-likeness (QED) is 0.881. The zero-order chi connectivity index (χ0) is 14.7. The first-order valence-corrected chi connectivity index (χ1v) is 6.90. The van der Waals surface area contributed by atoms with Gasteiger partial charge in [-0.05, 0) is 37.5 Å². The van der Waals surface area contributed by atoms with Crippen LogP contribution in [-0.2, 0) is 4.79 Å². The maximum absolute atomic E-state index is 12.2. The molecule has 1 aliphatic rings. The van der Waals surface area contributed by atoms with Gasteiger partial charge in [-0.3, -0.25) is 4.79 Å². The van der Waals surface area contributed by atoms with Gasteiger partial charge in [0.1, 0.15) is 0 Å². The molecule has 0 bridgehead atoms. The van der Waals surface area contributed by atoms with Crippen molar-refractivity contribution in [3.63, 3.8) is 0 Å². The van der Waals surface area contributed by atoms with E-state index >= 15 is 0 Å². The maximum atomic E-state index is 12.2. The first-order valence-electron chi connectivity index (χ1n) is 6.52. The lowest BCUT2D eigenvalue weighted by Crippen LogP contribution is -2.44. The molecule has 0 radical (unpaired) electrons. The van der Waals surface area contributed by atoms with E-state index in [0.717, 1.165) is 5.56 Å². The summed E-state index contributed by atoms with van der Waals surface area (Å²) >= 11 is 6.03. The monoisotopic (exact) mass is 296 g/mol. The Labute approximate surface area is 122 Å². The second kappa shape index (κ2) is 6.13. The lowest BCUT2D eigenvalue weighted by Gasteiger charge is -2.30. The van der Waals surface area contributed by atoms with Crippen molar-refractivity contribution < 1.29 is 14.7 Å². The summed E-state index contributed by atoms with van der Waals surface area (Å²) in [7, 11) is 0. The first-order chi connectivity index (χ1) is 9.47. The number of benzene rings is 1. The van der Waals surface area contributed by atoms with Gasteiger partial charge in [0.05, 0.1) is 16.6 Å². The van der Waals surface area contributed by atoms with Crippen molar-refractivity contribution in [2.24, 2.45) is 5.92 Å². The normalized spacial score (nSPS) is 18.7. The van der Waals surface area contributed by atoms with Crippen molar-refractivity contribution >= 4 is 29.3 Å². The highest BCUT2D eigenvalue weighted by molar-refractivity contribution is 6.33. The molecule has 1 atom stereocenters. The van der Waals surface area contributed by atoms with Crippen molar-refractivity contribution in [2.75, 3.05) is 18.4 Å². The summed E-state index contributed by atoms with van der Waals surface area (Å²) in [5.41, 5.74) is 1.54.